The smallest absolute Gasteiger partial charge is 0.148 e. The van der Waals surface area contributed by atoms with Crippen LogP contribution in [-0.2, 0) is 0 Å². The minimum Gasteiger partial charge on any atom is -0.480 e. The van der Waals surface area contributed by atoms with Crippen molar-refractivity contribution in [2.24, 2.45) is 0 Å². The lowest BCUT2D eigenvalue weighted by atomic mass is 10.0. The van der Waals surface area contributed by atoms with Gasteiger partial charge in [-0.15, -0.1) is 0 Å². The molecule has 0 saturated heterocycles. The van der Waals surface area contributed by atoms with E-state index in [1.54, 1.807) is 0 Å². The van der Waals surface area contributed by atoms with Gasteiger partial charge in [-0.25, -0.2) is 0 Å². The molecule has 0 aromatic heterocycles. The summed E-state index contributed by atoms with van der Waals surface area (Å²) in [7, 11) is 0. The van der Waals surface area contributed by atoms with Gasteiger partial charge >= 0.3 is 0 Å². The van der Waals surface area contributed by atoms with Gasteiger partial charge in [0, 0.05) is 5.56 Å². The maximum Gasteiger partial charge on any atom is 0.148 e. The normalized spacial score (nSPS) is 25.1. The van der Waals surface area contributed by atoms with Crippen LogP contribution < -0.4 is 4.74 Å². The van der Waals surface area contributed by atoms with Crippen LogP contribution in [0.3, 0.4) is 0 Å². The number of benzene rings is 1. The highest BCUT2D eigenvalue weighted by atomic mass is 16.5. The molecule has 2 heteroatoms. The molecule has 1 aromatic rings. The monoisotopic (exact) mass is 176 g/mol. The molecule has 1 unspecified atom stereocenters. The third-order valence-corrected chi connectivity index (χ3v) is 2.19. The molecule has 1 aromatic carbocycles. The quantitative estimate of drug-likeness (QED) is 0.707. The van der Waals surface area contributed by atoms with Gasteiger partial charge in [0.25, 0.3) is 0 Å². The summed E-state index contributed by atoms with van der Waals surface area (Å²) in [6.07, 6.45) is 3.87. The zero-order chi connectivity index (χ0) is 9.31. The Bertz CT molecular complexity index is 344. The largest absolute Gasteiger partial charge is 0.480 e. The van der Waals surface area contributed by atoms with Crippen molar-refractivity contribution in [2.45, 2.75) is 12.5 Å². The molecule has 0 aliphatic carbocycles. The molecule has 0 fully saturated rings. The lowest BCUT2D eigenvalue weighted by Gasteiger charge is -2.29. The van der Waals surface area contributed by atoms with Crippen molar-refractivity contribution in [2.75, 3.05) is 6.61 Å². The second-order valence-corrected chi connectivity index (χ2v) is 3.44. The fourth-order valence-corrected chi connectivity index (χ4v) is 1.35. The Labute approximate surface area is 77.5 Å². The van der Waals surface area contributed by atoms with E-state index < -0.39 is 5.60 Å². The van der Waals surface area contributed by atoms with Crippen LogP contribution in [0, 0.1) is 0 Å². The van der Waals surface area contributed by atoms with Gasteiger partial charge in [0.05, 0.1) is 6.61 Å². The van der Waals surface area contributed by atoms with Crippen LogP contribution >= 0.6 is 0 Å². The number of aliphatic hydroxyl groups is 1. The Morgan fingerprint density at radius 1 is 1.38 bits per heavy atom. The van der Waals surface area contributed by atoms with E-state index in [9.17, 15) is 0 Å². The Morgan fingerprint density at radius 3 is 2.92 bits per heavy atom. The first-order valence-electron chi connectivity index (χ1n) is 4.32. The topological polar surface area (TPSA) is 29.5 Å². The number of hydrogen-bond donors (Lipinski definition) is 1. The second-order valence-electron chi connectivity index (χ2n) is 3.44. The number of ether oxygens (including phenoxy) is 1. The zero-order valence-corrected chi connectivity index (χ0v) is 7.53. The molecule has 0 bridgehead atoms. The van der Waals surface area contributed by atoms with E-state index in [2.05, 4.69) is 0 Å². The molecule has 1 N–H and O–H groups in total. The zero-order valence-electron chi connectivity index (χ0n) is 7.53. The van der Waals surface area contributed by atoms with Gasteiger partial charge in [-0.3, -0.25) is 0 Å². The van der Waals surface area contributed by atoms with Crippen LogP contribution in [0.4, 0.5) is 0 Å². The number of rotatable bonds is 1. The summed E-state index contributed by atoms with van der Waals surface area (Å²) in [4.78, 5) is 0. The average molecular weight is 176 g/mol. The molecule has 1 heterocycles. The number of aliphatic hydroxyl groups excluding tert-OH is 1. The Morgan fingerprint density at radius 2 is 2.15 bits per heavy atom. The number of hydrogen-bond acceptors (Lipinski definition) is 2. The summed E-state index contributed by atoms with van der Waals surface area (Å²) in [5, 5.41) is 9.10. The van der Waals surface area contributed by atoms with Crippen LogP contribution in [0.15, 0.2) is 30.3 Å². The molecule has 1 atom stereocenters. The van der Waals surface area contributed by atoms with Crippen LogP contribution in [-0.4, -0.2) is 17.3 Å². The Hall–Kier alpha value is -1.28. The first kappa shape index (κ1) is 8.32. The molecule has 68 valence electrons. The van der Waals surface area contributed by atoms with Crippen molar-refractivity contribution in [3.63, 3.8) is 0 Å². The number of fused-ring (bicyclic) bond motifs is 1. The Balaban J connectivity index is 2.39. The van der Waals surface area contributed by atoms with E-state index >= 15 is 0 Å². The van der Waals surface area contributed by atoms with Crippen LogP contribution in [0.1, 0.15) is 12.5 Å². The van der Waals surface area contributed by atoms with Crippen molar-refractivity contribution in [1.82, 2.24) is 0 Å². The molecule has 13 heavy (non-hydrogen) atoms. The molecular formula is C11H12O2. The van der Waals surface area contributed by atoms with Crippen molar-refractivity contribution < 1.29 is 9.84 Å². The summed E-state index contributed by atoms with van der Waals surface area (Å²) >= 11 is 0. The minimum absolute atomic E-state index is 0.00215. The highest BCUT2D eigenvalue weighted by Gasteiger charge is 2.25. The van der Waals surface area contributed by atoms with Crippen molar-refractivity contribution >= 4 is 6.08 Å². The molecule has 2 rings (SSSR count). The second kappa shape index (κ2) is 2.89. The molecule has 1 aliphatic heterocycles. The van der Waals surface area contributed by atoms with Gasteiger partial charge in [-0.05, 0) is 19.1 Å². The van der Waals surface area contributed by atoms with Crippen molar-refractivity contribution in [1.29, 1.82) is 0 Å². The predicted molar refractivity (Wildman–Crippen MR) is 51.6 cm³/mol. The van der Waals surface area contributed by atoms with Crippen LogP contribution in [0.2, 0.25) is 0 Å². The average Bonchev–Trinajstić information content (AvgIpc) is 2.18. The van der Waals surface area contributed by atoms with E-state index in [0.717, 1.165) is 11.3 Å². The molecule has 0 radical (unpaired) electrons. The summed E-state index contributed by atoms with van der Waals surface area (Å²) < 4.78 is 5.63. The summed E-state index contributed by atoms with van der Waals surface area (Å²) in [5.41, 5.74) is 0.502. The van der Waals surface area contributed by atoms with E-state index in [0.29, 0.717) is 0 Å². The first-order valence-corrected chi connectivity index (χ1v) is 4.32. The van der Waals surface area contributed by atoms with E-state index in [-0.39, 0.29) is 6.61 Å². The van der Waals surface area contributed by atoms with Gasteiger partial charge in [-0.2, -0.15) is 0 Å². The molecule has 2 nitrogen and oxygen atoms in total. The highest BCUT2D eigenvalue weighted by molar-refractivity contribution is 5.60. The highest BCUT2D eigenvalue weighted by Crippen LogP contribution is 2.29. The van der Waals surface area contributed by atoms with Crippen molar-refractivity contribution in [3.05, 3.63) is 35.9 Å². The minimum atomic E-state index is -0.561. The molecule has 1 aliphatic rings. The van der Waals surface area contributed by atoms with Crippen LogP contribution in [0.5, 0.6) is 5.75 Å². The van der Waals surface area contributed by atoms with Gasteiger partial charge in [-0.1, -0.05) is 24.3 Å². The van der Waals surface area contributed by atoms with Crippen molar-refractivity contribution in [3.8, 4) is 5.75 Å². The van der Waals surface area contributed by atoms with Gasteiger partial charge in [0.15, 0.2) is 0 Å². The van der Waals surface area contributed by atoms with E-state index in [4.69, 9.17) is 9.84 Å². The van der Waals surface area contributed by atoms with Gasteiger partial charge in [0.1, 0.15) is 11.4 Å². The molecule has 0 spiro atoms. The summed E-state index contributed by atoms with van der Waals surface area (Å²) in [6.45, 7) is 1.86. The third kappa shape index (κ3) is 1.45. The summed E-state index contributed by atoms with van der Waals surface area (Å²) in [6, 6.07) is 7.79. The fourth-order valence-electron chi connectivity index (χ4n) is 1.35. The van der Waals surface area contributed by atoms with E-state index in [1.165, 1.54) is 0 Å². The molecular weight excluding hydrogens is 164 g/mol. The summed E-state index contributed by atoms with van der Waals surface area (Å²) in [5.74, 6) is 0.835. The van der Waals surface area contributed by atoms with E-state index in [1.807, 2.05) is 43.3 Å². The van der Waals surface area contributed by atoms with Crippen LogP contribution in [0.25, 0.3) is 6.08 Å². The third-order valence-electron chi connectivity index (χ3n) is 2.19. The molecule has 0 amide bonds. The lowest BCUT2D eigenvalue weighted by molar-refractivity contribution is 0.0641. The Kier molecular flexibility index (Phi) is 1.85. The fraction of sp³-hybridized carbons (Fsp3) is 0.273. The van der Waals surface area contributed by atoms with Gasteiger partial charge < -0.3 is 9.84 Å². The predicted octanol–water partition coefficient (Wildman–Crippen LogP) is 1.84. The van der Waals surface area contributed by atoms with Gasteiger partial charge in [0.2, 0.25) is 0 Å². The number of para-hydroxylation sites is 1. The SMILES string of the molecule is CC1(CO)C=Cc2ccccc2O1. The molecule has 0 saturated carbocycles. The lowest BCUT2D eigenvalue weighted by Crippen LogP contribution is -2.35. The first-order chi connectivity index (χ1) is 6.23. The standard InChI is InChI=1S/C11H12O2/c1-11(8-12)7-6-9-4-2-3-5-10(9)13-11/h2-7,12H,8H2,1H3. The maximum atomic E-state index is 9.10. The maximum absolute atomic E-state index is 9.10.